The second-order valence-electron chi connectivity index (χ2n) is 6.34. The van der Waals surface area contributed by atoms with Crippen LogP contribution in [0, 0.1) is 5.92 Å². The average Bonchev–Trinajstić information content (AvgIpc) is 3.10. The summed E-state index contributed by atoms with van der Waals surface area (Å²) < 4.78 is 11.0. The van der Waals surface area contributed by atoms with Crippen molar-refractivity contribution in [2.45, 2.75) is 37.2 Å². The van der Waals surface area contributed by atoms with Crippen molar-refractivity contribution >= 4 is 17.7 Å². The molecule has 0 bridgehead atoms. The first-order chi connectivity index (χ1) is 12.1. The number of hydrogen-bond acceptors (Lipinski definition) is 6. The van der Waals surface area contributed by atoms with Gasteiger partial charge in [0.05, 0.1) is 17.9 Å². The van der Waals surface area contributed by atoms with E-state index in [0.717, 1.165) is 31.5 Å². The molecule has 134 valence electrons. The SMILES string of the molecule is COc1ccccc1-c1nnc(SC(C)C(=O)N2CCC(C)CC2)o1. The van der Waals surface area contributed by atoms with E-state index in [1.54, 1.807) is 7.11 Å². The number of amides is 1. The van der Waals surface area contributed by atoms with E-state index in [1.165, 1.54) is 11.8 Å². The molecule has 3 rings (SSSR count). The van der Waals surface area contributed by atoms with E-state index in [1.807, 2.05) is 36.1 Å². The van der Waals surface area contributed by atoms with E-state index in [2.05, 4.69) is 17.1 Å². The molecule has 6 nitrogen and oxygen atoms in total. The number of para-hydroxylation sites is 1. The van der Waals surface area contributed by atoms with Crippen LogP contribution >= 0.6 is 11.8 Å². The first-order valence-electron chi connectivity index (χ1n) is 8.51. The fraction of sp³-hybridized carbons (Fsp3) is 0.500. The topological polar surface area (TPSA) is 68.5 Å². The molecule has 0 aliphatic carbocycles. The highest BCUT2D eigenvalue weighted by atomic mass is 32.2. The van der Waals surface area contributed by atoms with E-state index < -0.39 is 0 Å². The third-order valence-corrected chi connectivity index (χ3v) is 5.39. The molecule has 1 aliphatic heterocycles. The van der Waals surface area contributed by atoms with Crippen LogP contribution < -0.4 is 4.74 Å². The summed E-state index contributed by atoms with van der Waals surface area (Å²) >= 11 is 1.30. The number of benzene rings is 1. The Kier molecular flexibility index (Phi) is 5.63. The highest BCUT2D eigenvalue weighted by Gasteiger charge is 2.26. The number of thioether (sulfide) groups is 1. The Hall–Kier alpha value is -2.02. The van der Waals surface area contributed by atoms with E-state index in [-0.39, 0.29) is 11.2 Å². The minimum absolute atomic E-state index is 0.133. The monoisotopic (exact) mass is 361 g/mol. The van der Waals surface area contributed by atoms with Crippen LogP contribution in [-0.4, -0.2) is 46.5 Å². The lowest BCUT2D eigenvalue weighted by Gasteiger charge is -2.31. The molecule has 1 amide bonds. The number of methoxy groups -OCH3 is 1. The maximum atomic E-state index is 12.6. The van der Waals surface area contributed by atoms with E-state index >= 15 is 0 Å². The van der Waals surface area contributed by atoms with Crippen LogP contribution in [0.2, 0.25) is 0 Å². The molecule has 1 aliphatic rings. The summed E-state index contributed by atoms with van der Waals surface area (Å²) in [5.41, 5.74) is 0.744. The Morgan fingerprint density at radius 3 is 2.76 bits per heavy atom. The Morgan fingerprint density at radius 1 is 1.32 bits per heavy atom. The maximum absolute atomic E-state index is 12.6. The number of carbonyl (C=O) groups excluding carboxylic acids is 1. The number of piperidine rings is 1. The molecule has 0 radical (unpaired) electrons. The van der Waals surface area contributed by atoms with E-state index in [0.29, 0.717) is 22.8 Å². The lowest BCUT2D eigenvalue weighted by molar-refractivity contribution is -0.131. The van der Waals surface area contributed by atoms with Crippen molar-refractivity contribution in [1.82, 2.24) is 15.1 Å². The molecular formula is C18H23N3O3S. The number of hydrogen-bond donors (Lipinski definition) is 0. The normalized spacial score (nSPS) is 16.7. The van der Waals surface area contributed by atoms with Gasteiger partial charge in [0, 0.05) is 13.1 Å². The van der Waals surface area contributed by atoms with Crippen LogP contribution in [0.5, 0.6) is 5.75 Å². The molecule has 1 unspecified atom stereocenters. The summed E-state index contributed by atoms with van der Waals surface area (Å²) in [5, 5.41) is 8.30. The van der Waals surface area contributed by atoms with Gasteiger partial charge in [-0.25, -0.2) is 0 Å². The Bertz CT molecular complexity index is 726. The van der Waals surface area contributed by atoms with Gasteiger partial charge in [0.25, 0.3) is 11.1 Å². The summed E-state index contributed by atoms with van der Waals surface area (Å²) in [5.74, 6) is 1.90. The third-order valence-electron chi connectivity index (χ3n) is 4.46. The fourth-order valence-electron chi connectivity index (χ4n) is 2.88. The average molecular weight is 361 g/mol. The van der Waals surface area contributed by atoms with Gasteiger partial charge in [-0.05, 0) is 37.8 Å². The second-order valence-corrected chi connectivity index (χ2v) is 7.63. The van der Waals surface area contributed by atoms with Gasteiger partial charge in [-0.2, -0.15) is 0 Å². The largest absolute Gasteiger partial charge is 0.496 e. The highest BCUT2D eigenvalue weighted by Crippen LogP contribution is 2.32. The van der Waals surface area contributed by atoms with Gasteiger partial charge in [0.1, 0.15) is 5.75 Å². The van der Waals surface area contributed by atoms with Crippen molar-refractivity contribution in [1.29, 1.82) is 0 Å². The standard InChI is InChI=1S/C18H23N3O3S/c1-12-8-10-21(11-9-12)17(22)13(2)25-18-20-19-16(24-18)14-6-4-5-7-15(14)23-3/h4-7,12-13H,8-11H2,1-3H3. The van der Waals surface area contributed by atoms with Gasteiger partial charge in [-0.15, -0.1) is 10.2 Å². The van der Waals surface area contributed by atoms with Gasteiger partial charge < -0.3 is 14.1 Å². The van der Waals surface area contributed by atoms with Crippen LogP contribution in [0.15, 0.2) is 33.9 Å². The smallest absolute Gasteiger partial charge is 0.277 e. The molecule has 7 heteroatoms. The van der Waals surface area contributed by atoms with Crippen LogP contribution in [0.25, 0.3) is 11.5 Å². The van der Waals surface area contributed by atoms with Crippen molar-refractivity contribution < 1.29 is 13.9 Å². The molecular weight excluding hydrogens is 338 g/mol. The number of aromatic nitrogens is 2. The molecule has 0 N–H and O–H groups in total. The van der Waals surface area contributed by atoms with Crippen LogP contribution in [-0.2, 0) is 4.79 Å². The van der Waals surface area contributed by atoms with Gasteiger partial charge in [0.2, 0.25) is 5.91 Å². The Morgan fingerprint density at radius 2 is 2.04 bits per heavy atom. The molecule has 1 aromatic heterocycles. The molecule has 1 fully saturated rings. The number of rotatable bonds is 5. The quantitative estimate of drug-likeness (QED) is 0.760. The zero-order chi connectivity index (χ0) is 17.8. The molecule has 0 saturated carbocycles. The Balaban J connectivity index is 1.65. The van der Waals surface area contributed by atoms with Crippen LogP contribution in [0.3, 0.4) is 0 Å². The fourth-order valence-corrected chi connectivity index (χ4v) is 3.64. The van der Waals surface area contributed by atoms with Gasteiger partial charge in [-0.3, -0.25) is 4.79 Å². The lowest BCUT2D eigenvalue weighted by Crippen LogP contribution is -2.41. The number of carbonyl (C=O) groups is 1. The number of nitrogens with zero attached hydrogens (tertiary/aromatic N) is 3. The molecule has 1 atom stereocenters. The van der Waals surface area contributed by atoms with Gasteiger partial charge in [-0.1, -0.05) is 30.8 Å². The van der Waals surface area contributed by atoms with Crippen molar-refractivity contribution in [3.8, 4) is 17.2 Å². The lowest BCUT2D eigenvalue weighted by atomic mass is 9.99. The predicted molar refractivity (Wildman–Crippen MR) is 96.6 cm³/mol. The van der Waals surface area contributed by atoms with Crippen molar-refractivity contribution in [2.75, 3.05) is 20.2 Å². The van der Waals surface area contributed by atoms with Gasteiger partial charge in [0.15, 0.2) is 0 Å². The van der Waals surface area contributed by atoms with Gasteiger partial charge >= 0.3 is 0 Å². The summed E-state index contributed by atoms with van der Waals surface area (Å²) in [4.78, 5) is 14.5. The minimum atomic E-state index is -0.251. The molecule has 2 heterocycles. The first kappa shape index (κ1) is 17.8. The molecule has 1 saturated heterocycles. The third kappa shape index (κ3) is 4.15. The maximum Gasteiger partial charge on any atom is 0.277 e. The zero-order valence-electron chi connectivity index (χ0n) is 14.8. The van der Waals surface area contributed by atoms with Crippen molar-refractivity contribution in [2.24, 2.45) is 5.92 Å². The highest BCUT2D eigenvalue weighted by molar-refractivity contribution is 8.00. The minimum Gasteiger partial charge on any atom is -0.496 e. The molecule has 0 spiro atoms. The predicted octanol–water partition coefficient (Wildman–Crippen LogP) is 3.48. The van der Waals surface area contributed by atoms with Crippen molar-refractivity contribution in [3.05, 3.63) is 24.3 Å². The van der Waals surface area contributed by atoms with E-state index in [9.17, 15) is 4.79 Å². The molecule has 1 aromatic carbocycles. The zero-order valence-corrected chi connectivity index (χ0v) is 15.6. The summed E-state index contributed by atoms with van der Waals surface area (Å²) in [6.45, 7) is 5.79. The molecule has 2 aromatic rings. The first-order valence-corrected chi connectivity index (χ1v) is 9.38. The van der Waals surface area contributed by atoms with Crippen LogP contribution in [0.4, 0.5) is 0 Å². The summed E-state index contributed by atoms with van der Waals surface area (Å²) in [6, 6.07) is 7.48. The second kappa shape index (κ2) is 7.91. The summed E-state index contributed by atoms with van der Waals surface area (Å²) in [6.07, 6.45) is 2.14. The number of ether oxygens (including phenoxy) is 1. The van der Waals surface area contributed by atoms with E-state index in [4.69, 9.17) is 9.15 Å². The summed E-state index contributed by atoms with van der Waals surface area (Å²) in [7, 11) is 1.60. The van der Waals surface area contributed by atoms with Crippen LogP contribution in [0.1, 0.15) is 26.7 Å². The van der Waals surface area contributed by atoms with Crippen molar-refractivity contribution in [3.63, 3.8) is 0 Å². The molecule has 25 heavy (non-hydrogen) atoms. The Labute approximate surface area is 151 Å². The number of likely N-dealkylation sites (tertiary alicyclic amines) is 1.